The van der Waals surface area contributed by atoms with Crippen LogP contribution in [0.2, 0.25) is 0 Å². The maximum atomic E-state index is 13.7. The smallest absolute Gasteiger partial charge is 0.175 e. The number of ketones is 1. The summed E-state index contributed by atoms with van der Waals surface area (Å²) in [6.45, 7) is 6.44. The van der Waals surface area contributed by atoms with E-state index < -0.39 is 15.7 Å². The van der Waals surface area contributed by atoms with E-state index in [9.17, 15) is 17.6 Å². The number of allylic oxidation sites excluding steroid dienone is 7. The van der Waals surface area contributed by atoms with Crippen molar-refractivity contribution in [3.63, 3.8) is 0 Å². The highest BCUT2D eigenvalue weighted by Gasteiger charge is 2.16. The van der Waals surface area contributed by atoms with E-state index in [1.165, 1.54) is 31.3 Å². The average molecular weight is 375 g/mol. The molecule has 0 aromatic heterocycles. The highest BCUT2D eigenvalue weighted by atomic mass is 32.2. The second kappa shape index (κ2) is 9.20. The van der Waals surface area contributed by atoms with Gasteiger partial charge in [-0.05, 0) is 49.3 Å². The molecule has 26 heavy (non-hydrogen) atoms. The highest BCUT2D eigenvalue weighted by Crippen LogP contribution is 2.26. The maximum absolute atomic E-state index is 13.7. The maximum Gasteiger partial charge on any atom is 0.175 e. The number of carbonyl (C=O) groups is 1. The molecule has 4 nitrogen and oxygen atoms in total. The van der Waals surface area contributed by atoms with E-state index in [-0.39, 0.29) is 16.3 Å². The van der Waals surface area contributed by atoms with Crippen molar-refractivity contribution in [2.75, 3.05) is 13.3 Å². The van der Waals surface area contributed by atoms with Crippen LogP contribution in [-0.2, 0) is 14.6 Å². The van der Waals surface area contributed by atoms with Crippen LogP contribution in [0.15, 0.2) is 75.9 Å². The predicted octanol–water partition coefficient (Wildman–Crippen LogP) is 4.12. The Morgan fingerprint density at radius 2 is 1.81 bits per heavy atom. The molecule has 0 amide bonds. The minimum absolute atomic E-state index is 0.169. The van der Waals surface area contributed by atoms with Crippen LogP contribution in [-0.4, -0.2) is 33.7 Å². The van der Waals surface area contributed by atoms with Crippen LogP contribution in [0, 0.1) is 0 Å². The van der Waals surface area contributed by atoms with E-state index in [4.69, 9.17) is 0 Å². The second-order valence-electron chi connectivity index (χ2n) is 5.51. The molecule has 6 heteroatoms. The Kier molecular flexibility index (Phi) is 7.58. The molecule has 0 saturated heterocycles. The van der Waals surface area contributed by atoms with E-state index in [1.807, 2.05) is 0 Å². The lowest BCUT2D eigenvalue weighted by molar-refractivity contribution is -0.113. The number of benzene rings is 1. The number of halogens is 1. The van der Waals surface area contributed by atoms with Gasteiger partial charge < -0.3 is 0 Å². The van der Waals surface area contributed by atoms with Gasteiger partial charge in [-0.15, -0.1) is 0 Å². The van der Waals surface area contributed by atoms with Gasteiger partial charge in [0, 0.05) is 30.7 Å². The second-order valence-corrected chi connectivity index (χ2v) is 7.52. The van der Waals surface area contributed by atoms with Crippen LogP contribution in [0.1, 0.15) is 19.4 Å². The van der Waals surface area contributed by atoms with Gasteiger partial charge in [-0.2, -0.15) is 0 Å². The zero-order valence-corrected chi connectivity index (χ0v) is 16.1. The van der Waals surface area contributed by atoms with Crippen LogP contribution < -0.4 is 0 Å². The summed E-state index contributed by atoms with van der Waals surface area (Å²) in [4.78, 5) is 16.5. The Bertz CT molecular complexity index is 918. The fourth-order valence-corrected chi connectivity index (χ4v) is 2.98. The summed E-state index contributed by atoms with van der Waals surface area (Å²) in [6, 6.07) is 6.11. The number of sulfone groups is 1. The first-order valence-electron chi connectivity index (χ1n) is 7.79. The SMILES string of the molecule is C=C\C(F)=C/C(=C\C)C(/C(C)=O)=C(/C=NC)c1ccc(S(C)(=O)=O)cc1. The molecule has 0 aliphatic carbocycles. The molecule has 0 fully saturated rings. The summed E-state index contributed by atoms with van der Waals surface area (Å²) >= 11 is 0. The Hall–Kier alpha value is -2.60. The molecule has 0 heterocycles. The van der Waals surface area contributed by atoms with E-state index >= 15 is 0 Å². The van der Waals surface area contributed by atoms with Gasteiger partial charge in [-0.1, -0.05) is 24.8 Å². The third-order valence-corrected chi connectivity index (χ3v) is 4.69. The molecule has 0 atom stereocenters. The van der Waals surface area contributed by atoms with Gasteiger partial charge >= 0.3 is 0 Å². The highest BCUT2D eigenvalue weighted by molar-refractivity contribution is 7.90. The van der Waals surface area contributed by atoms with Crippen molar-refractivity contribution in [1.82, 2.24) is 0 Å². The first-order valence-corrected chi connectivity index (χ1v) is 9.69. The Balaban J connectivity index is 3.73. The molecule has 0 aliphatic heterocycles. The van der Waals surface area contributed by atoms with Crippen LogP contribution in [0.5, 0.6) is 0 Å². The fourth-order valence-electron chi connectivity index (χ4n) is 2.35. The van der Waals surface area contributed by atoms with Gasteiger partial charge in [0.05, 0.1) is 4.90 Å². The molecule has 138 valence electrons. The summed E-state index contributed by atoms with van der Waals surface area (Å²) in [5, 5.41) is 0. The van der Waals surface area contributed by atoms with Gasteiger partial charge in [0.15, 0.2) is 15.6 Å². The lowest BCUT2D eigenvalue weighted by Crippen LogP contribution is -2.06. The minimum Gasteiger partial charge on any atom is -0.296 e. The number of hydrogen-bond acceptors (Lipinski definition) is 4. The summed E-state index contributed by atoms with van der Waals surface area (Å²) < 4.78 is 37.0. The Morgan fingerprint density at radius 3 is 2.19 bits per heavy atom. The minimum atomic E-state index is -3.33. The zero-order chi connectivity index (χ0) is 19.9. The van der Waals surface area contributed by atoms with Gasteiger partial charge in [0.1, 0.15) is 5.83 Å². The quantitative estimate of drug-likeness (QED) is 0.409. The number of carbonyl (C=O) groups excluding carboxylic acids is 1. The van der Waals surface area contributed by atoms with E-state index in [2.05, 4.69) is 11.6 Å². The number of nitrogens with zero attached hydrogens (tertiary/aromatic N) is 1. The number of hydrogen-bond donors (Lipinski definition) is 0. The fraction of sp³-hybridized carbons (Fsp3) is 0.200. The lowest BCUT2D eigenvalue weighted by Gasteiger charge is -2.12. The van der Waals surface area contributed by atoms with Crippen molar-refractivity contribution in [1.29, 1.82) is 0 Å². The monoisotopic (exact) mass is 375 g/mol. The number of rotatable bonds is 7. The van der Waals surface area contributed by atoms with E-state index in [0.29, 0.717) is 16.7 Å². The average Bonchev–Trinajstić information content (AvgIpc) is 2.59. The lowest BCUT2D eigenvalue weighted by atomic mass is 9.92. The van der Waals surface area contributed by atoms with E-state index in [0.717, 1.165) is 12.3 Å². The summed E-state index contributed by atoms with van der Waals surface area (Å²) in [6.07, 6.45) is 6.51. The van der Waals surface area contributed by atoms with Crippen molar-refractivity contribution < 1.29 is 17.6 Å². The molecule has 0 unspecified atom stereocenters. The van der Waals surface area contributed by atoms with Gasteiger partial charge in [0.2, 0.25) is 0 Å². The summed E-state index contributed by atoms with van der Waals surface area (Å²) in [7, 11) is -1.78. The van der Waals surface area contributed by atoms with Crippen molar-refractivity contribution in [2.45, 2.75) is 18.7 Å². The van der Waals surface area contributed by atoms with Crippen molar-refractivity contribution >= 4 is 27.4 Å². The van der Waals surface area contributed by atoms with Crippen molar-refractivity contribution in [3.05, 3.63) is 71.6 Å². The Labute approximate surface area is 154 Å². The largest absolute Gasteiger partial charge is 0.296 e. The van der Waals surface area contributed by atoms with Crippen LogP contribution in [0.25, 0.3) is 5.57 Å². The van der Waals surface area contributed by atoms with E-state index in [1.54, 1.807) is 32.2 Å². The number of Topliss-reactive ketones (excluding diaryl/α,β-unsaturated/α-hetero) is 1. The molecular formula is C20H22FNO3S. The molecule has 1 aromatic rings. The number of aliphatic imine (C=N–C) groups is 1. The predicted molar refractivity (Wildman–Crippen MR) is 105 cm³/mol. The topological polar surface area (TPSA) is 63.6 Å². The molecule has 0 aliphatic rings. The summed E-state index contributed by atoms with van der Waals surface area (Å²) in [5.74, 6) is -0.842. The van der Waals surface area contributed by atoms with Crippen molar-refractivity contribution in [2.24, 2.45) is 4.99 Å². The van der Waals surface area contributed by atoms with Gasteiger partial charge in [0.25, 0.3) is 0 Å². The molecule has 1 rings (SSSR count). The van der Waals surface area contributed by atoms with Gasteiger partial charge in [-0.25, -0.2) is 12.8 Å². The molecule has 1 aromatic carbocycles. The first-order chi connectivity index (χ1) is 12.1. The zero-order valence-electron chi connectivity index (χ0n) is 15.3. The Morgan fingerprint density at radius 1 is 1.23 bits per heavy atom. The van der Waals surface area contributed by atoms with Crippen LogP contribution >= 0.6 is 0 Å². The summed E-state index contributed by atoms with van der Waals surface area (Å²) in [5.41, 5.74) is 1.74. The van der Waals surface area contributed by atoms with Crippen molar-refractivity contribution in [3.8, 4) is 0 Å². The third-order valence-electron chi connectivity index (χ3n) is 3.56. The van der Waals surface area contributed by atoms with Crippen LogP contribution in [0.4, 0.5) is 4.39 Å². The molecule has 0 saturated carbocycles. The standard InChI is InChI=1S/C20H22FNO3S/c1-6-15(12-17(21)7-2)20(14(3)23)19(13-22-4)16-8-10-18(11-9-16)26(5,24)25/h6-13H,2H2,1,3-5H3/b15-6+,17-12+,20-19-,22-13?. The first kappa shape index (κ1) is 21.4. The molecule has 0 spiro atoms. The van der Waals surface area contributed by atoms with Crippen LogP contribution in [0.3, 0.4) is 0 Å². The normalized spacial score (nSPS) is 14.3. The molecule has 0 radical (unpaired) electrons. The molecule has 0 N–H and O–H groups in total. The van der Waals surface area contributed by atoms with Gasteiger partial charge in [-0.3, -0.25) is 9.79 Å². The molecule has 0 bridgehead atoms. The third kappa shape index (κ3) is 5.46. The molecular weight excluding hydrogens is 353 g/mol.